The summed E-state index contributed by atoms with van der Waals surface area (Å²) in [5.41, 5.74) is 8.72. The van der Waals surface area contributed by atoms with Gasteiger partial charge >= 0.3 is 5.97 Å². The molecule has 0 aliphatic carbocycles. The minimum atomic E-state index is -0.969. The molecule has 0 amide bonds. The number of aromatic carboxylic acids is 1. The Kier molecular flexibility index (Phi) is 6.16. The van der Waals surface area contributed by atoms with Crippen molar-refractivity contribution in [1.29, 1.82) is 0 Å². The molecule has 3 rings (SSSR count). The zero-order chi connectivity index (χ0) is 17.1. The highest BCUT2D eigenvalue weighted by atomic mass is 127. The van der Waals surface area contributed by atoms with Gasteiger partial charge in [-0.05, 0) is 52.9 Å². The molecule has 8 heteroatoms. The van der Waals surface area contributed by atoms with Crippen molar-refractivity contribution in [1.82, 2.24) is 9.97 Å². The lowest BCUT2D eigenvalue weighted by Crippen LogP contribution is -2.03. The molecule has 3 aromatic rings. The van der Waals surface area contributed by atoms with Crippen LogP contribution < -0.4 is 11.1 Å². The third-order valence-electron chi connectivity index (χ3n) is 3.37. The Labute approximate surface area is 164 Å². The van der Waals surface area contributed by atoms with Crippen LogP contribution in [-0.2, 0) is 0 Å². The number of aromatic nitrogens is 2. The first-order chi connectivity index (χ1) is 11.5. The Morgan fingerprint density at radius 3 is 2.36 bits per heavy atom. The standard InChI is InChI=1S/C17H13IN4O2.ClH/c18-14-4-2-1-3-12(14)13-9-20-17(22-15(13)19)21-11-7-5-10(6-8-11)16(23)24;/h1-9H,(H,23,24)(H3,19,20,21,22);1H. The summed E-state index contributed by atoms with van der Waals surface area (Å²) in [5.74, 6) is -0.243. The first kappa shape index (κ1) is 18.9. The van der Waals surface area contributed by atoms with Gasteiger partial charge in [0, 0.05) is 26.6 Å². The summed E-state index contributed by atoms with van der Waals surface area (Å²) in [6, 6.07) is 14.2. The number of hydrogen-bond donors (Lipinski definition) is 3. The number of carbonyl (C=O) groups is 1. The van der Waals surface area contributed by atoms with E-state index in [1.54, 1.807) is 18.3 Å². The van der Waals surface area contributed by atoms with Gasteiger partial charge in [0.25, 0.3) is 0 Å². The summed E-state index contributed by atoms with van der Waals surface area (Å²) in [5, 5.41) is 11.9. The predicted molar refractivity (Wildman–Crippen MR) is 109 cm³/mol. The van der Waals surface area contributed by atoms with Crippen LogP contribution in [0.25, 0.3) is 11.1 Å². The van der Waals surface area contributed by atoms with Crippen LogP contribution in [0.3, 0.4) is 0 Å². The van der Waals surface area contributed by atoms with Crippen LogP contribution in [0, 0.1) is 3.57 Å². The molecule has 0 aliphatic rings. The van der Waals surface area contributed by atoms with Gasteiger partial charge in [-0.2, -0.15) is 4.98 Å². The topological polar surface area (TPSA) is 101 Å². The van der Waals surface area contributed by atoms with Crippen LogP contribution >= 0.6 is 35.0 Å². The summed E-state index contributed by atoms with van der Waals surface area (Å²) < 4.78 is 1.07. The quantitative estimate of drug-likeness (QED) is 0.496. The molecule has 1 aromatic heterocycles. The van der Waals surface area contributed by atoms with Crippen molar-refractivity contribution >= 4 is 58.4 Å². The molecule has 2 aromatic carbocycles. The third kappa shape index (κ3) is 4.37. The van der Waals surface area contributed by atoms with Crippen LogP contribution in [0.4, 0.5) is 17.5 Å². The van der Waals surface area contributed by atoms with Crippen molar-refractivity contribution in [2.45, 2.75) is 0 Å². The van der Waals surface area contributed by atoms with Gasteiger partial charge in [-0.15, -0.1) is 12.4 Å². The second kappa shape index (κ2) is 8.13. The molecule has 0 spiro atoms. The van der Waals surface area contributed by atoms with Gasteiger partial charge in [-0.1, -0.05) is 18.2 Å². The Hall–Kier alpha value is -2.39. The molecule has 4 N–H and O–H groups in total. The summed E-state index contributed by atoms with van der Waals surface area (Å²) in [6.45, 7) is 0. The van der Waals surface area contributed by atoms with E-state index in [0.717, 1.165) is 14.7 Å². The lowest BCUT2D eigenvalue weighted by atomic mass is 10.1. The number of halogens is 2. The van der Waals surface area contributed by atoms with Crippen LogP contribution in [0.2, 0.25) is 0 Å². The number of nitrogens with zero attached hydrogens (tertiary/aromatic N) is 2. The summed E-state index contributed by atoms with van der Waals surface area (Å²) in [7, 11) is 0. The number of nitrogens with two attached hydrogens (primary N) is 1. The summed E-state index contributed by atoms with van der Waals surface area (Å²) in [4.78, 5) is 19.4. The van der Waals surface area contributed by atoms with Crippen molar-refractivity contribution in [3.8, 4) is 11.1 Å². The van der Waals surface area contributed by atoms with E-state index in [2.05, 4.69) is 37.9 Å². The number of hydrogen-bond acceptors (Lipinski definition) is 5. The van der Waals surface area contributed by atoms with E-state index in [1.807, 2.05) is 24.3 Å². The van der Waals surface area contributed by atoms with E-state index in [0.29, 0.717) is 17.5 Å². The number of rotatable bonds is 4. The van der Waals surface area contributed by atoms with Gasteiger partial charge in [0.05, 0.1) is 5.56 Å². The van der Waals surface area contributed by atoms with Gasteiger partial charge in [0.2, 0.25) is 5.95 Å². The highest BCUT2D eigenvalue weighted by Gasteiger charge is 2.10. The fourth-order valence-electron chi connectivity index (χ4n) is 2.17. The average Bonchev–Trinajstić information content (AvgIpc) is 2.56. The van der Waals surface area contributed by atoms with E-state index in [1.165, 1.54) is 12.1 Å². The Bertz CT molecular complexity index is 903. The number of carboxylic acids is 1. The molecule has 6 nitrogen and oxygen atoms in total. The largest absolute Gasteiger partial charge is 0.478 e. The Morgan fingerprint density at radius 2 is 1.76 bits per heavy atom. The number of anilines is 3. The second-order valence-electron chi connectivity index (χ2n) is 4.98. The molecule has 0 unspecified atom stereocenters. The van der Waals surface area contributed by atoms with Crippen LogP contribution in [-0.4, -0.2) is 21.0 Å². The normalized spacial score (nSPS) is 9.96. The number of carboxylic acid groups (broad SMARTS) is 1. The maximum atomic E-state index is 10.9. The lowest BCUT2D eigenvalue weighted by molar-refractivity contribution is 0.0697. The second-order valence-corrected chi connectivity index (χ2v) is 6.14. The fraction of sp³-hybridized carbons (Fsp3) is 0. The monoisotopic (exact) mass is 468 g/mol. The smallest absolute Gasteiger partial charge is 0.335 e. The van der Waals surface area contributed by atoms with E-state index < -0.39 is 5.97 Å². The molecule has 0 fully saturated rings. The van der Waals surface area contributed by atoms with Gasteiger partial charge in [-0.3, -0.25) is 0 Å². The third-order valence-corrected chi connectivity index (χ3v) is 4.31. The first-order valence-corrected chi connectivity index (χ1v) is 8.10. The van der Waals surface area contributed by atoms with E-state index in [9.17, 15) is 4.79 Å². The van der Waals surface area contributed by atoms with E-state index in [4.69, 9.17) is 10.8 Å². The molecule has 128 valence electrons. The van der Waals surface area contributed by atoms with Crippen molar-refractivity contribution < 1.29 is 9.90 Å². The molecular formula is C17H14ClIN4O2. The lowest BCUT2D eigenvalue weighted by Gasteiger charge is -2.10. The van der Waals surface area contributed by atoms with Gasteiger partial charge < -0.3 is 16.2 Å². The highest BCUT2D eigenvalue weighted by Crippen LogP contribution is 2.29. The molecule has 0 bridgehead atoms. The van der Waals surface area contributed by atoms with Crippen molar-refractivity contribution in [2.75, 3.05) is 11.1 Å². The van der Waals surface area contributed by atoms with Crippen molar-refractivity contribution in [3.05, 3.63) is 63.9 Å². The van der Waals surface area contributed by atoms with Gasteiger partial charge in [0.1, 0.15) is 5.82 Å². The zero-order valence-corrected chi connectivity index (χ0v) is 15.8. The molecule has 0 saturated carbocycles. The van der Waals surface area contributed by atoms with Gasteiger partial charge in [0.15, 0.2) is 0 Å². The molecule has 0 radical (unpaired) electrons. The zero-order valence-electron chi connectivity index (χ0n) is 12.8. The maximum absolute atomic E-state index is 10.9. The molecule has 0 saturated heterocycles. The van der Waals surface area contributed by atoms with Crippen LogP contribution in [0.1, 0.15) is 10.4 Å². The number of nitrogen functional groups attached to an aromatic ring is 1. The fourth-order valence-corrected chi connectivity index (χ4v) is 2.85. The number of benzene rings is 2. The average molecular weight is 469 g/mol. The minimum absolute atomic E-state index is 0. The molecule has 0 atom stereocenters. The Balaban J connectivity index is 0.00000225. The Morgan fingerprint density at radius 1 is 1.08 bits per heavy atom. The SMILES string of the molecule is Cl.Nc1nc(Nc2ccc(C(=O)O)cc2)ncc1-c1ccccc1I. The molecule has 1 heterocycles. The van der Waals surface area contributed by atoms with Crippen LogP contribution in [0.15, 0.2) is 54.7 Å². The summed E-state index contributed by atoms with van der Waals surface area (Å²) in [6.07, 6.45) is 1.67. The molecule has 25 heavy (non-hydrogen) atoms. The minimum Gasteiger partial charge on any atom is -0.478 e. The van der Waals surface area contributed by atoms with E-state index in [-0.39, 0.29) is 18.0 Å². The summed E-state index contributed by atoms with van der Waals surface area (Å²) >= 11 is 2.24. The highest BCUT2D eigenvalue weighted by molar-refractivity contribution is 14.1. The van der Waals surface area contributed by atoms with E-state index >= 15 is 0 Å². The van der Waals surface area contributed by atoms with Crippen molar-refractivity contribution in [3.63, 3.8) is 0 Å². The maximum Gasteiger partial charge on any atom is 0.335 e. The van der Waals surface area contributed by atoms with Crippen LogP contribution in [0.5, 0.6) is 0 Å². The first-order valence-electron chi connectivity index (χ1n) is 7.02. The molecule has 0 aliphatic heterocycles. The molecular weight excluding hydrogens is 455 g/mol. The predicted octanol–water partition coefficient (Wildman–Crippen LogP) is 4.19. The van der Waals surface area contributed by atoms with Gasteiger partial charge in [-0.25, -0.2) is 9.78 Å². The number of nitrogens with one attached hydrogen (secondary N) is 1. The van der Waals surface area contributed by atoms with Crippen molar-refractivity contribution in [2.24, 2.45) is 0 Å².